The molecule has 112 valence electrons. The van der Waals surface area contributed by atoms with Crippen molar-refractivity contribution in [1.82, 2.24) is 15.2 Å². The van der Waals surface area contributed by atoms with E-state index in [1.807, 2.05) is 12.3 Å². The lowest BCUT2D eigenvalue weighted by Crippen LogP contribution is -2.59. The maximum atomic E-state index is 12.9. The molecule has 5 rings (SSSR count). The molecule has 4 aliphatic rings. The SMILES string of the molecule is O=C(N[C@H]1CN2CCC1CC2)C1(Br)CSc2cnccc21. The highest BCUT2D eigenvalue weighted by Gasteiger charge is 2.46. The van der Waals surface area contributed by atoms with Gasteiger partial charge >= 0.3 is 0 Å². The number of hydrogen-bond acceptors (Lipinski definition) is 4. The standard InChI is InChI=1S/C15H18BrN3OS/c16-15(9-21-13-7-17-4-1-11(13)15)14(20)18-12-8-19-5-2-10(12)3-6-19/h1,4,7,10,12H,2-3,5-6,8-9H2,(H,18,20)/t12-,15?/m0/s1. The Labute approximate surface area is 137 Å². The van der Waals surface area contributed by atoms with Gasteiger partial charge in [-0.3, -0.25) is 9.78 Å². The van der Waals surface area contributed by atoms with E-state index < -0.39 is 4.32 Å². The molecule has 1 N–H and O–H groups in total. The summed E-state index contributed by atoms with van der Waals surface area (Å²) in [5, 5.41) is 3.31. The van der Waals surface area contributed by atoms with Crippen molar-refractivity contribution in [3.8, 4) is 0 Å². The molecule has 1 amide bonds. The number of carbonyl (C=O) groups is 1. The molecule has 0 radical (unpaired) electrons. The topological polar surface area (TPSA) is 45.2 Å². The van der Waals surface area contributed by atoms with Gasteiger partial charge in [-0.2, -0.15) is 0 Å². The van der Waals surface area contributed by atoms with E-state index in [1.54, 1.807) is 18.0 Å². The fourth-order valence-corrected chi connectivity index (χ4v) is 5.79. The van der Waals surface area contributed by atoms with Crippen LogP contribution in [0.2, 0.25) is 0 Å². The quantitative estimate of drug-likeness (QED) is 0.811. The normalized spacial score (nSPS) is 37.3. The summed E-state index contributed by atoms with van der Waals surface area (Å²) < 4.78 is -0.595. The average molecular weight is 368 g/mol. The summed E-state index contributed by atoms with van der Waals surface area (Å²) in [6.45, 7) is 3.40. The van der Waals surface area contributed by atoms with Crippen LogP contribution in [0.5, 0.6) is 0 Å². The number of alkyl halides is 1. The summed E-state index contributed by atoms with van der Waals surface area (Å²) in [4.78, 5) is 20.6. The summed E-state index contributed by atoms with van der Waals surface area (Å²) in [6.07, 6.45) is 6.05. The lowest BCUT2D eigenvalue weighted by Gasteiger charge is -2.45. The van der Waals surface area contributed by atoms with E-state index in [1.165, 1.54) is 25.9 Å². The van der Waals surface area contributed by atoms with Crippen molar-refractivity contribution < 1.29 is 4.79 Å². The molecule has 21 heavy (non-hydrogen) atoms. The van der Waals surface area contributed by atoms with Crippen molar-refractivity contribution in [3.63, 3.8) is 0 Å². The third-order valence-corrected chi connectivity index (χ3v) is 7.62. The highest BCUT2D eigenvalue weighted by molar-refractivity contribution is 9.10. The van der Waals surface area contributed by atoms with Gasteiger partial charge in [-0.25, -0.2) is 0 Å². The molecule has 2 bridgehead atoms. The second-order valence-electron chi connectivity index (χ2n) is 6.18. The third kappa shape index (κ3) is 2.32. The largest absolute Gasteiger partial charge is 0.350 e. The van der Waals surface area contributed by atoms with Crippen molar-refractivity contribution in [2.24, 2.45) is 5.92 Å². The molecule has 0 spiro atoms. The number of pyridine rings is 1. The Morgan fingerprint density at radius 2 is 2.29 bits per heavy atom. The van der Waals surface area contributed by atoms with Gasteiger partial charge in [-0.1, -0.05) is 15.9 Å². The van der Waals surface area contributed by atoms with E-state index >= 15 is 0 Å². The number of thioether (sulfide) groups is 1. The first kappa shape index (κ1) is 14.0. The lowest BCUT2D eigenvalue weighted by molar-refractivity contribution is -0.125. The number of fused-ring (bicyclic) bond motifs is 4. The molecule has 3 fully saturated rings. The molecule has 1 aromatic rings. The molecule has 1 unspecified atom stereocenters. The van der Waals surface area contributed by atoms with Crippen molar-refractivity contribution in [2.45, 2.75) is 28.1 Å². The van der Waals surface area contributed by atoms with Gasteiger partial charge < -0.3 is 10.2 Å². The Morgan fingerprint density at radius 1 is 1.48 bits per heavy atom. The van der Waals surface area contributed by atoms with E-state index in [4.69, 9.17) is 0 Å². The second-order valence-corrected chi connectivity index (χ2v) is 8.55. The molecule has 3 saturated heterocycles. The summed E-state index contributed by atoms with van der Waals surface area (Å²) in [5.74, 6) is 1.50. The number of piperidine rings is 3. The number of amides is 1. The monoisotopic (exact) mass is 367 g/mol. The van der Waals surface area contributed by atoms with Crippen LogP contribution in [0.15, 0.2) is 23.4 Å². The summed E-state index contributed by atoms with van der Waals surface area (Å²) in [6, 6.07) is 2.27. The zero-order chi connectivity index (χ0) is 14.4. The fourth-order valence-electron chi connectivity index (χ4n) is 3.68. The molecule has 4 aliphatic heterocycles. The maximum Gasteiger partial charge on any atom is 0.242 e. The lowest BCUT2D eigenvalue weighted by atomic mass is 9.83. The van der Waals surface area contributed by atoms with Crippen LogP contribution in [0.25, 0.3) is 0 Å². The van der Waals surface area contributed by atoms with Gasteiger partial charge in [0.05, 0.1) is 0 Å². The van der Waals surface area contributed by atoms with Gasteiger partial charge in [0.15, 0.2) is 0 Å². The Kier molecular flexibility index (Phi) is 3.51. The first-order valence-corrected chi connectivity index (χ1v) is 9.24. The number of hydrogen-bond donors (Lipinski definition) is 1. The molecule has 0 aromatic carbocycles. The predicted molar refractivity (Wildman–Crippen MR) is 86.7 cm³/mol. The van der Waals surface area contributed by atoms with Gasteiger partial charge in [0, 0.05) is 35.6 Å². The van der Waals surface area contributed by atoms with E-state index in [2.05, 4.69) is 31.1 Å². The van der Waals surface area contributed by atoms with Gasteiger partial charge in [-0.05, 0) is 43.5 Å². The number of nitrogens with zero attached hydrogens (tertiary/aromatic N) is 2. The second kappa shape index (κ2) is 5.25. The van der Waals surface area contributed by atoms with Crippen LogP contribution in [0, 0.1) is 5.92 Å². The number of aromatic nitrogens is 1. The first-order chi connectivity index (χ1) is 10.2. The molecule has 2 atom stereocenters. The Balaban J connectivity index is 1.53. The molecule has 5 heterocycles. The summed E-state index contributed by atoms with van der Waals surface area (Å²) in [5.41, 5.74) is 1.06. The Morgan fingerprint density at radius 3 is 3.00 bits per heavy atom. The fraction of sp³-hybridized carbons (Fsp3) is 0.600. The van der Waals surface area contributed by atoms with Gasteiger partial charge in [0.2, 0.25) is 5.91 Å². The van der Waals surface area contributed by atoms with Crippen molar-refractivity contribution in [3.05, 3.63) is 24.0 Å². The average Bonchev–Trinajstić information content (AvgIpc) is 2.88. The van der Waals surface area contributed by atoms with Crippen molar-refractivity contribution in [2.75, 3.05) is 25.4 Å². The van der Waals surface area contributed by atoms with E-state index in [0.717, 1.165) is 22.8 Å². The van der Waals surface area contributed by atoms with E-state index in [-0.39, 0.29) is 5.91 Å². The van der Waals surface area contributed by atoms with Crippen LogP contribution in [0.4, 0.5) is 0 Å². The van der Waals surface area contributed by atoms with Crippen molar-refractivity contribution >= 4 is 33.6 Å². The zero-order valence-electron chi connectivity index (χ0n) is 11.7. The van der Waals surface area contributed by atoms with Crippen LogP contribution in [-0.4, -0.2) is 47.2 Å². The maximum absolute atomic E-state index is 12.9. The van der Waals surface area contributed by atoms with Crippen LogP contribution in [0.1, 0.15) is 18.4 Å². The van der Waals surface area contributed by atoms with E-state index in [0.29, 0.717) is 12.0 Å². The first-order valence-electron chi connectivity index (χ1n) is 7.46. The van der Waals surface area contributed by atoms with Gasteiger partial charge in [0.25, 0.3) is 0 Å². The smallest absolute Gasteiger partial charge is 0.242 e. The third-order valence-electron chi connectivity index (χ3n) is 4.97. The number of nitrogens with one attached hydrogen (secondary N) is 1. The van der Waals surface area contributed by atoms with Crippen LogP contribution >= 0.6 is 27.7 Å². The summed E-state index contributed by atoms with van der Waals surface area (Å²) >= 11 is 5.42. The van der Waals surface area contributed by atoms with E-state index in [9.17, 15) is 4.79 Å². The molecule has 0 saturated carbocycles. The molecule has 4 nitrogen and oxygen atoms in total. The highest BCUT2D eigenvalue weighted by atomic mass is 79.9. The minimum Gasteiger partial charge on any atom is -0.350 e. The molecular weight excluding hydrogens is 350 g/mol. The Bertz CT molecular complexity index is 576. The molecule has 1 aromatic heterocycles. The molecule has 0 aliphatic carbocycles. The Hall–Kier alpha value is -0.590. The highest BCUT2D eigenvalue weighted by Crippen LogP contribution is 2.47. The molecule has 6 heteroatoms. The number of halogens is 1. The van der Waals surface area contributed by atoms with Crippen LogP contribution in [-0.2, 0) is 9.12 Å². The minimum absolute atomic E-state index is 0.110. The van der Waals surface area contributed by atoms with Crippen LogP contribution < -0.4 is 5.32 Å². The van der Waals surface area contributed by atoms with Gasteiger partial charge in [0.1, 0.15) is 4.32 Å². The zero-order valence-corrected chi connectivity index (χ0v) is 14.1. The minimum atomic E-state index is -0.595. The van der Waals surface area contributed by atoms with Crippen LogP contribution in [0.3, 0.4) is 0 Å². The number of carbonyl (C=O) groups excluding carboxylic acids is 1. The summed E-state index contributed by atoms with van der Waals surface area (Å²) in [7, 11) is 0. The number of rotatable bonds is 2. The molecular formula is C15H18BrN3OS. The van der Waals surface area contributed by atoms with Gasteiger partial charge in [-0.15, -0.1) is 11.8 Å². The predicted octanol–water partition coefficient (Wildman–Crippen LogP) is 1.99. The van der Waals surface area contributed by atoms with Crippen molar-refractivity contribution in [1.29, 1.82) is 0 Å².